The van der Waals surface area contributed by atoms with Crippen LogP contribution in [0.2, 0.25) is 0 Å². The fraction of sp³-hybridized carbons (Fsp3) is 1.00. The molecule has 2 aliphatic carbocycles. The Balaban J connectivity index is 1.28. The van der Waals surface area contributed by atoms with E-state index in [0.29, 0.717) is 19.6 Å². The lowest BCUT2D eigenvalue weighted by Gasteiger charge is -2.33. The van der Waals surface area contributed by atoms with Gasteiger partial charge in [0.2, 0.25) is 0 Å². The van der Waals surface area contributed by atoms with E-state index in [1.54, 1.807) is 0 Å². The Kier molecular flexibility index (Phi) is 4.67. The van der Waals surface area contributed by atoms with Gasteiger partial charge in [0.25, 0.3) is 0 Å². The summed E-state index contributed by atoms with van der Waals surface area (Å²) in [6.45, 7) is 1.09. The standard InChI is InChI=1S/C18H30O5/c19-15(16-13-21-18(23-16)9-5-2-6-10-18)11-14-12-20-17(22-14)7-3-1-4-8-17/h14-16,19H,1-13H2/t14-,15-,16+/m1/s1. The summed E-state index contributed by atoms with van der Waals surface area (Å²) in [5, 5.41) is 10.6. The molecule has 4 rings (SSSR count). The third kappa shape index (κ3) is 3.45. The largest absolute Gasteiger partial charge is 0.390 e. The number of ether oxygens (including phenoxy) is 4. The summed E-state index contributed by atoms with van der Waals surface area (Å²) >= 11 is 0. The van der Waals surface area contributed by atoms with Gasteiger partial charge in [-0.3, -0.25) is 0 Å². The zero-order valence-corrected chi connectivity index (χ0v) is 14.0. The van der Waals surface area contributed by atoms with Gasteiger partial charge >= 0.3 is 0 Å². The molecule has 23 heavy (non-hydrogen) atoms. The second kappa shape index (κ2) is 6.60. The van der Waals surface area contributed by atoms with Gasteiger partial charge in [-0.05, 0) is 25.7 Å². The lowest BCUT2D eigenvalue weighted by atomic mass is 9.94. The highest BCUT2D eigenvalue weighted by atomic mass is 16.8. The maximum Gasteiger partial charge on any atom is 0.169 e. The number of aliphatic hydroxyl groups excluding tert-OH is 1. The first-order chi connectivity index (χ1) is 11.2. The molecule has 132 valence electrons. The minimum Gasteiger partial charge on any atom is -0.390 e. The van der Waals surface area contributed by atoms with Crippen LogP contribution in [0.15, 0.2) is 0 Å². The van der Waals surface area contributed by atoms with Gasteiger partial charge in [0, 0.05) is 32.1 Å². The van der Waals surface area contributed by atoms with Gasteiger partial charge in [0.1, 0.15) is 6.10 Å². The first kappa shape index (κ1) is 16.3. The third-order valence-electron chi connectivity index (χ3n) is 5.95. The van der Waals surface area contributed by atoms with Gasteiger partial charge in [-0.1, -0.05) is 12.8 Å². The first-order valence-corrected chi connectivity index (χ1v) is 9.50. The van der Waals surface area contributed by atoms with Crippen molar-refractivity contribution in [2.24, 2.45) is 0 Å². The molecule has 0 unspecified atom stereocenters. The second-order valence-corrected chi connectivity index (χ2v) is 7.76. The van der Waals surface area contributed by atoms with E-state index in [9.17, 15) is 5.11 Å². The van der Waals surface area contributed by atoms with Crippen LogP contribution in [0.5, 0.6) is 0 Å². The topological polar surface area (TPSA) is 57.2 Å². The molecule has 2 heterocycles. The Hall–Kier alpha value is -0.200. The zero-order chi connectivity index (χ0) is 15.8. The molecule has 4 fully saturated rings. The Morgan fingerprint density at radius 1 is 0.783 bits per heavy atom. The molecule has 0 aromatic carbocycles. The van der Waals surface area contributed by atoms with Crippen LogP contribution in [0.3, 0.4) is 0 Å². The van der Waals surface area contributed by atoms with Crippen LogP contribution in [0.4, 0.5) is 0 Å². The molecule has 5 heteroatoms. The maximum atomic E-state index is 10.6. The Bertz CT molecular complexity index is 400. The normalized spacial score (nSPS) is 37.4. The molecule has 0 bridgehead atoms. The van der Waals surface area contributed by atoms with Crippen molar-refractivity contribution < 1.29 is 24.1 Å². The van der Waals surface area contributed by atoms with Crippen molar-refractivity contribution in [3.63, 3.8) is 0 Å². The van der Waals surface area contributed by atoms with Crippen LogP contribution in [-0.4, -0.2) is 48.2 Å². The summed E-state index contributed by atoms with van der Waals surface area (Å²) in [4.78, 5) is 0. The van der Waals surface area contributed by atoms with Crippen LogP contribution < -0.4 is 0 Å². The lowest BCUT2D eigenvalue weighted by molar-refractivity contribution is -0.202. The average Bonchev–Trinajstić information content (AvgIpc) is 3.14. The molecular formula is C18H30O5. The molecule has 0 amide bonds. The number of aliphatic hydroxyl groups is 1. The van der Waals surface area contributed by atoms with Crippen LogP contribution in [0.25, 0.3) is 0 Å². The third-order valence-corrected chi connectivity index (χ3v) is 5.95. The number of rotatable bonds is 3. The highest BCUT2D eigenvalue weighted by Gasteiger charge is 2.47. The predicted octanol–water partition coefficient (Wildman–Crippen LogP) is 2.89. The molecule has 0 aromatic heterocycles. The zero-order valence-electron chi connectivity index (χ0n) is 14.0. The average molecular weight is 326 g/mol. The van der Waals surface area contributed by atoms with Crippen molar-refractivity contribution in [3.05, 3.63) is 0 Å². The summed E-state index contributed by atoms with van der Waals surface area (Å²) < 4.78 is 24.2. The lowest BCUT2D eigenvalue weighted by Crippen LogP contribution is -2.38. The fourth-order valence-electron chi connectivity index (χ4n) is 4.63. The monoisotopic (exact) mass is 326 g/mol. The fourth-order valence-corrected chi connectivity index (χ4v) is 4.63. The van der Waals surface area contributed by atoms with E-state index in [4.69, 9.17) is 18.9 Å². The predicted molar refractivity (Wildman–Crippen MR) is 83.9 cm³/mol. The number of hydrogen-bond donors (Lipinski definition) is 1. The van der Waals surface area contributed by atoms with E-state index in [1.165, 1.54) is 25.7 Å². The summed E-state index contributed by atoms with van der Waals surface area (Å²) in [6, 6.07) is 0. The van der Waals surface area contributed by atoms with Crippen LogP contribution in [0.1, 0.15) is 70.6 Å². The molecule has 0 aromatic rings. The van der Waals surface area contributed by atoms with E-state index in [0.717, 1.165) is 38.5 Å². The van der Waals surface area contributed by atoms with E-state index in [1.807, 2.05) is 0 Å². The molecule has 4 aliphatic rings. The molecule has 0 radical (unpaired) electrons. The van der Waals surface area contributed by atoms with Crippen molar-refractivity contribution in [1.82, 2.24) is 0 Å². The van der Waals surface area contributed by atoms with Crippen molar-refractivity contribution in [2.75, 3.05) is 13.2 Å². The van der Waals surface area contributed by atoms with E-state index >= 15 is 0 Å². The molecule has 3 atom stereocenters. The summed E-state index contributed by atoms with van der Waals surface area (Å²) in [5.74, 6) is -0.776. The Morgan fingerprint density at radius 2 is 1.35 bits per heavy atom. The minimum atomic E-state index is -0.538. The van der Waals surface area contributed by atoms with Crippen molar-refractivity contribution in [2.45, 2.75) is 101 Å². The summed E-state index contributed by atoms with van der Waals surface area (Å²) in [7, 11) is 0. The second-order valence-electron chi connectivity index (χ2n) is 7.76. The minimum absolute atomic E-state index is 0.0189. The van der Waals surface area contributed by atoms with Crippen LogP contribution in [0, 0.1) is 0 Å². The van der Waals surface area contributed by atoms with Gasteiger partial charge in [-0.25, -0.2) is 0 Å². The van der Waals surface area contributed by atoms with Gasteiger partial charge < -0.3 is 24.1 Å². The van der Waals surface area contributed by atoms with Gasteiger partial charge in [-0.15, -0.1) is 0 Å². The molecule has 1 N–H and O–H groups in total. The van der Waals surface area contributed by atoms with Crippen molar-refractivity contribution in [3.8, 4) is 0 Å². The molecular weight excluding hydrogens is 296 g/mol. The van der Waals surface area contributed by atoms with Crippen LogP contribution in [-0.2, 0) is 18.9 Å². The number of hydrogen-bond acceptors (Lipinski definition) is 5. The Labute approximate surface area is 138 Å². The molecule has 5 nitrogen and oxygen atoms in total. The first-order valence-electron chi connectivity index (χ1n) is 9.50. The van der Waals surface area contributed by atoms with Gasteiger partial charge in [-0.2, -0.15) is 0 Å². The highest BCUT2D eigenvalue weighted by Crippen LogP contribution is 2.41. The van der Waals surface area contributed by atoms with E-state index < -0.39 is 11.9 Å². The van der Waals surface area contributed by atoms with Crippen LogP contribution >= 0.6 is 0 Å². The molecule has 2 saturated heterocycles. The van der Waals surface area contributed by atoms with Gasteiger partial charge in [0.05, 0.1) is 25.4 Å². The maximum absolute atomic E-state index is 10.6. The van der Waals surface area contributed by atoms with E-state index in [2.05, 4.69) is 0 Å². The van der Waals surface area contributed by atoms with E-state index in [-0.39, 0.29) is 18.0 Å². The van der Waals surface area contributed by atoms with Crippen molar-refractivity contribution in [1.29, 1.82) is 0 Å². The SMILES string of the molecule is O[C@H](C[C@@H]1COC2(CCCCC2)O1)[C@@H]1COC2(CCCCC2)O1. The summed E-state index contributed by atoms with van der Waals surface area (Å²) in [5.41, 5.74) is 0. The highest BCUT2D eigenvalue weighted by molar-refractivity contribution is 4.88. The van der Waals surface area contributed by atoms with Crippen molar-refractivity contribution >= 4 is 0 Å². The van der Waals surface area contributed by atoms with Gasteiger partial charge in [0.15, 0.2) is 11.6 Å². The molecule has 2 spiro atoms. The smallest absolute Gasteiger partial charge is 0.169 e. The Morgan fingerprint density at radius 3 is 2.00 bits per heavy atom. The molecule has 2 aliphatic heterocycles. The molecule has 2 saturated carbocycles. The quantitative estimate of drug-likeness (QED) is 0.864. The summed E-state index contributed by atoms with van der Waals surface area (Å²) in [6.07, 6.45) is 10.9.